The molecule has 0 heterocycles. The number of nitrogens with zero attached hydrogens (tertiary/aromatic N) is 1. The molecular weight excluding hydrogens is 930 g/mol. The van der Waals surface area contributed by atoms with Gasteiger partial charge in [-0.2, -0.15) is 0 Å². The van der Waals surface area contributed by atoms with Crippen molar-refractivity contribution in [3.8, 4) is 0 Å². The van der Waals surface area contributed by atoms with Crippen molar-refractivity contribution in [3.05, 3.63) is 122 Å². The van der Waals surface area contributed by atoms with Crippen LogP contribution in [0.25, 0.3) is 0 Å². The van der Waals surface area contributed by atoms with Gasteiger partial charge in [-0.05, 0) is 89.9 Å². The Morgan fingerprint density at radius 2 is 0.781 bits per heavy atom. The van der Waals surface area contributed by atoms with Crippen LogP contribution in [0.15, 0.2) is 122 Å². The van der Waals surface area contributed by atoms with Crippen LogP contribution in [0.4, 0.5) is 0 Å². The van der Waals surface area contributed by atoms with Gasteiger partial charge < -0.3 is 18.9 Å². The lowest BCUT2D eigenvalue weighted by Crippen LogP contribution is -2.37. The fourth-order valence-electron chi connectivity index (χ4n) is 7.34. The Morgan fingerprint density at radius 3 is 1.16 bits per heavy atom. The largest absolute Gasteiger partial charge is 0.472 e. The van der Waals surface area contributed by atoms with E-state index >= 15 is 0 Å². The molecule has 10 heteroatoms. The highest BCUT2D eigenvalue weighted by molar-refractivity contribution is 7.47. The van der Waals surface area contributed by atoms with Crippen molar-refractivity contribution in [3.63, 3.8) is 0 Å². The van der Waals surface area contributed by atoms with Crippen molar-refractivity contribution in [2.45, 2.75) is 219 Å². The smallest absolute Gasteiger partial charge is 0.462 e. The Balaban J connectivity index is 4.23. The lowest BCUT2D eigenvalue weighted by Gasteiger charge is -2.24. The summed E-state index contributed by atoms with van der Waals surface area (Å²) >= 11 is 0. The molecule has 2 atom stereocenters. The van der Waals surface area contributed by atoms with Gasteiger partial charge in [-0.3, -0.25) is 18.6 Å². The molecule has 0 aromatic heterocycles. The topological polar surface area (TPSA) is 108 Å². The first-order chi connectivity index (χ1) is 35.5. The van der Waals surface area contributed by atoms with Crippen LogP contribution in [0.2, 0.25) is 0 Å². The van der Waals surface area contributed by atoms with E-state index in [0.29, 0.717) is 17.4 Å². The predicted octanol–water partition coefficient (Wildman–Crippen LogP) is 18.0. The number of likely N-dealkylation sites (N-methyl/N-ethyl adjacent to an activating group) is 1. The minimum atomic E-state index is -4.40. The molecule has 0 aliphatic rings. The molecule has 0 bridgehead atoms. The van der Waals surface area contributed by atoms with Gasteiger partial charge in [0.2, 0.25) is 0 Å². The number of hydrogen-bond donors (Lipinski definition) is 1. The maximum Gasteiger partial charge on any atom is 0.472 e. The number of phosphoric ester groups is 1. The zero-order valence-electron chi connectivity index (χ0n) is 47.1. The Hall–Kier alpha value is -3.59. The average Bonchev–Trinajstić information content (AvgIpc) is 3.35. The summed E-state index contributed by atoms with van der Waals surface area (Å²) in [7, 11) is 1.45. The Kier molecular flexibility index (Phi) is 50.6. The number of quaternary nitrogens is 1. The quantitative estimate of drug-likeness (QED) is 0.0211. The molecule has 1 N–H and O–H groups in total. The van der Waals surface area contributed by atoms with E-state index in [1.807, 2.05) is 21.1 Å². The fraction of sp³-hybridized carbons (Fsp3) is 0.651. The van der Waals surface area contributed by atoms with Crippen LogP contribution in [0.3, 0.4) is 0 Å². The van der Waals surface area contributed by atoms with E-state index in [-0.39, 0.29) is 32.0 Å². The van der Waals surface area contributed by atoms with Crippen molar-refractivity contribution in [2.75, 3.05) is 47.5 Å². The number of phosphoric acid groups is 1. The summed E-state index contributed by atoms with van der Waals surface area (Å²) in [4.78, 5) is 35.6. The van der Waals surface area contributed by atoms with Gasteiger partial charge in [0, 0.05) is 12.8 Å². The van der Waals surface area contributed by atoms with Crippen LogP contribution in [0, 0.1) is 0 Å². The van der Waals surface area contributed by atoms with Crippen LogP contribution >= 0.6 is 7.82 Å². The van der Waals surface area contributed by atoms with Crippen molar-refractivity contribution < 1.29 is 42.1 Å². The summed E-state index contributed by atoms with van der Waals surface area (Å²) in [5.74, 6) is -0.832. The van der Waals surface area contributed by atoms with E-state index in [1.54, 1.807) is 0 Å². The molecule has 73 heavy (non-hydrogen) atoms. The Bertz CT molecular complexity index is 1650. The monoisotopic (exact) mass is 1040 g/mol. The molecule has 416 valence electrons. The third-order valence-electron chi connectivity index (χ3n) is 11.8. The highest BCUT2D eigenvalue weighted by atomic mass is 31.2. The molecule has 0 aliphatic carbocycles. The van der Waals surface area contributed by atoms with Crippen molar-refractivity contribution in [1.82, 2.24) is 0 Å². The molecular formula is C63H107NO8P+. The van der Waals surface area contributed by atoms with Gasteiger partial charge in [0.15, 0.2) is 6.10 Å². The van der Waals surface area contributed by atoms with Gasteiger partial charge in [0.05, 0.1) is 27.7 Å². The van der Waals surface area contributed by atoms with Gasteiger partial charge in [-0.1, -0.05) is 232 Å². The van der Waals surface area contributed by atoms with Gasteiger partial charge in [0.1, 0.15) is 19.8 Å². The number of unbranched alkanes of at least 4 members (excludes halogenated alkanes) is 17. The highest BCUT2D eigenvalue weighted by Gasteiger charge is 2.27. The van der Waals surface area contributed by atoms with Gasteiger partial charge in [-0.15, -0.1) is 0 Å². The molecule has 0 aromatic rings. The summed E-state index contributed by atoms with van der Waals surface area (Å²) in [6.45, 7) is 4.27. The summed E-state index contributed by atoms with van der Waals surface area (Å²) in [6.07, 6.45) is 75.5. The average molecular weight is 1040 g/mol. The number of allylic oxidation sites excluding steroid dienone is 20. The van der Waals surface area contributed by atoms with E-state index in [0.717, 1.165) is 109 Å². The number of carbonyl (C=O) groups is 2. The molecule has 0 saturated carbocycles. The van der Waals surface area contributed by atoms with Crippen LogP contribution < -0.4 is 0 Å². The van der Waals surface area contributed by atoms with Crippen molar-refractivity contribution >= 4 is 19.8 Å². The minimum Gasteiger partial charge on any atom is -0.462 e. The molecule has 0 fully saturated rings. The molecule has 2 unspecified atom stereocenters. The summed E-state index contributed by atoms with van der Waals surface area (Å²) in [5.41, 5.74) is 0. The van der Waals surface area contributed by atoms with Crippen molar-refractivity contribution in [2.24, 2.45) is 0 Å². The first-order valence-corrected chi connectivity index (χ1v) is 30.3. The third-order valence-corrected chi connectivity index (χ3v) is 12.7. The number of hydrogen-bond acceptors (Lipinski definition) is 7. The van der Waals surface area contributed by atoms with E-state index < -0.39 is 26.5 Å². The Labute approximate surface area is 448 Å². The molecule has 0 rings (SSSR count). The minimum absolute atomic E-state index is 0.0212. The lowest BCUT2D eigenvalue weighted by molar-refractivity contribution is -0.870. The fourth-order valence-corrected chi connectivity index (χ4v) is 8.08. The third kappa shape index (κ3) is 57.5. The van der Waals surface area contributed by atoms with Gasteiger partial charge in [0.25, 0.3) is 0 Å². The zero-order valence-corrected chi connectivity index (χ0v) is 48.0. The molecule has 0 spiro atoms. The SMILES string of the molecule is CC/C=C\C/C=C\C/C=C\C/C=C\C/C=C\C/C=C\C/C=C\C/C=C\C/C=C\C/C=C\CCCCCCC(=O)OC(COC(=O)CCCCCCCCCCCCCCCC)COP(=O)(O)OCC[N+](C)(C)C. The summed E-state index contributed by atoms with van der Waals surface area (Å²) in [6, 6.07) is 0. The zero-order chi connectivity index (χ0) is 53.5. The summed E-state index contributed by atoms with van der Waals surface area (Å²) in [5, 5.41) is 0. The number of esters is 2. The lowest BCUT2D eigenvalue weighted by atomic mass is 10.0. The van der Waals surface area contributed by atoms with E-state index in [9.17, 15) is 19.0 Å². The number of rotatable bonds is 51. The second kappa shape index (κ2) is 53.2. The summed E-state index contributed by atoms with van der Waals surface area (Å²) < 4.78 is 34.5. The van der Waals surface area contributed by atoms with Crippen LogP contribution in [-0.2, 0) is 32.7 Å². The standard InChI is InChI=1S/C63H106NO8P/c1-6-8-10-12-14-16-18-20-22-23-24-25-26-27-28-29-30-31-32-33-34-35-36-37-38-39-40-41-42-44-46-48-50-52-54-56-63(66)72-61(60-71-73(67,68)70-58-57-64(3,4)5)59-69-62(65)55-53-51-49-47-45-43-21-19-17-15-13-11-9-7-2/h8,10,14,16,20,22,24-25,27-28,30-31,33-34,36-37,39-40,42,44,61H,6-7,9,11-13,15,17-19,21,23,26,29,32,35,38,41,43,45-60H2,1-5H3/p+1/b10-8-,16-14-,22-20-,25-24-,28-27-,31-30-,34-33-,37-36-,40-39-,44-42-. The molecule has 0 amide bonds. The second-order valence-corrected chi connectivity index (χ2v) is 21.4. The van der Waals surface area contributed by atoms with E-state index in [2.05, 4.69) is 135 Å². The highest BCUT2D eigenvalue weighted by Crippen LogP contribution is 2.43. The maximum atomic E-state index is 12.8. The molecule has 0 aliphatic heterocycles. The molecule has 9 nitrogen and oxygen atoms in total. The van der Waals surface area contributed by atoms with E-state index in [4.69, 9.17) is 18.5 Å². The molecule has 0 aromatic carbocycles. The first kappa shape index (κ1) is 69.4. The molecule has 0 radical (unpaired) electrons. The first-order valence-electron chi connectivity index (χ1n) is 28.8. The second-order valence-electron chi connectivity index (χ2n) is 19.9. The molecule has 0 saturated heterocycles. The maximum absolute atomic E-state index is 12.8. The van der Waals surface area contributed by atoms with Crippen LogP contribution in [0.5, 0.6) is 0 Å². The van der Waals surface area contributed by atoms with Crippen LogP contribution in [-0.4, -0.2) is 74.9 Å². The number of carbonyl (C=O) groups excluding carboxylic acids is 2. The van der Waals surface area contributed by atoms with Gasteiger partial charge in [-0.25, -0.2) is 4.57 Å². The predicted molar refractivity (Wildman–Crippen MR) is 311 cm³/mol. The van der Waals surface area contributed by atoms with Crippen molar-refractivity contribution in [1.29, 1.82) is 0 Å². The number of ether oxygens (including phenoxy) is 2. The van der Waals surface area contributed by atoms with Crippen LogP contribution in [0.1, 0.15) is 213 Å². The van der Waals surface area contributed by atoms with E-state index in [1.165, 1.54) is 70.6 Å². The van der Waals surface area contributed by atoms with Gasteiger partial charge >= 0.3 is 19.8 Å². The normalized spacial score (nSPS) is 14.2. The Morgan fingerprint density at radius 1 is 0.438 bits per heavy atom.